The first-order valence-electron chi connectivity index (χ1n) is 10.4. The van der Waals surface area contributed by atoms with E-state index in [0.717, 1.165) is 0 Å². The van der Waals surface area contributed by atoms with Crippen molar-refractivity contribution in [3.63, 3.8) is 0 Å². The average Bonchev–Trinajstić information content (AvgIpc) is 2.87. The number of terminal acetylenes is 1. The van der Waals surface area contributed by atoms with Gasteiger partial charge in [-0.3, -0.25) is 19.4 Å². The van der Waals surface area contributed by atoms with Gasteiger partial charge < -0.3 is 9.47 Å². The molecule has 0 aromatic heterocycles. The Balaban J connectivity index is 1.85. The first-order chi connectivity index (χ1) is 17.0. The van der Waals surface area contributed by atoms with Crippen LogP contribution in [0.15, 0.2) is 82.8 Å². The summed E-state index contributed by atoms with van der Waals surface area (Å²) >= 11 is 9.08. The van der Waals surface area contributed by atoms with Crippen LogP contribution in [0.4, 0.5) is 11.4 Å². The molecule has 0 spiro atoms. The zero-order valence-electron chi connectivity index (χ0n) is 18.6. The van der Waals surface area contributed by atoms with Gasteiger partial charge in [0.05, 0.1) is 23.0 Å². The third-order valence-corrected chi connectivity index (χ3v) is 6.10. The Morgan fingerprint density at radius 1 is 0.971 bits per heavy atom. The van der Waals surface area contributed by atoms with Crippen LogP contribution in [-0.4, -0.2) is 30.6 Å². The lowest BCUT2D eigenvalue weighted by atomic mass is 10.0. The average molecular weight is 547 g/mol. The van der Waals surface area contributed by atoms with Crippen LogP contribution in [0, 0.1) is 12.3 Å². The second kappa shape index (κ2) is 10.6. The quantitative estimate of drug-likeness (QED) is 0.183. The number of para-hydroxylation sites is 2. The third-order valence-electron chi connectivity index (χ3n) is 5.14. The second-order valence-electron chi connectivity index (χ2n) is 7.32. The highest BCUT2D eigenvalue weighted by Gasteiger charge is 2.41. The molecular formula is C27H19BrN2O4S. The first kappa shape index (κ1) is 24.2. The molecule has 35 heavy (non-hydrogen) atoms. The number of anilines is 2. The number of rotatable bonds is 6. The van der Waals surface area contributed by atoms with Crippen LogP contribution in [0.2, 0.25) is 0 Å². The van der Waals surface area contributed by atoms with E-state index < -0.39 is 11.8 Å². The van der Waals surface area contributed by atoms with Crippen LogP contribution in [0.25, 0.3) is 6.08 Å². The summed E-state index contributed by atoms with van der Waals surface area (Å²) in [7, 11) is 1.49. The Bertz CT molecular complexity index is 1300. The molecule has 0 bridgehead atoms. The predicted octanol–water partition coefficient (Wildman–Crippen LogP) is 5.22. The number of hydrogen-bond donors (Lipinski definition) is 0. The van der Waals surface area contributed by atoms with E-state index in [1.807, 2.05) is 12.1 Å². The number of halogens is 1. The number of carbonyl (C=O) groups excluding carboxylic acids is 2. The second-order valence-corrected chi connectivity index (χ2v) is 8.54. The maximum Gasteiger partial charge on any atom is 0.270 e. The summed E-state index contributed by atoms with van der Waals surface area (Å²) < 4.78 is 11.6. The molecule has 1 aliphatic rings. The minimum Gasteiger partial charge on any atom is -0.493 e. The molecule has 3 aromatic carbocycles. The van der Waals surface area contributed by atoms with Crippen molar-refractivity contribution in [3.05, 3.63) is 88.4 Å². The van der Waals surface area contributed by atoms with Gasteiger partial charge in [0.25, 0.3) is 11.8 Å². The molecule has 0 saturated carbocycles. The highest BCUT2D eigenvalue weighted by atomic mass is 79.9. The van der Waals surface area contributed by atoms with Crippen LogP contribution < -0.4 is 19.3 Å². The van der Waals surface area contributed by atoms with E-state index in [2.05, 4.69) is 21.9 Å². The molecule has 0 atom stereocenters. The standard InChI is InChI=1S/C27H19BrN2O4S/c1-3-14-34-24-22(28)16-18(17-23(24)33-2)15-21-25(31)29(19-10-6-4-7-11-19)27(35)30(26(21)32)20-12-8-5-9-13-20/h1,4-13,15-17H,14H2,2H3. The molecule has 2 amide bonds. The Hall–Kier alpha value is -3.93. The van der Waals surface area contributed by atoms with Crippen LogP contribution in [0.5, 0.6) is 11.5 Å². The molecule has 1 aliphatic heterocycles. The Morgan fingerprint density at radius 3 is 2.00 bits per heavy atom. The third kappa shape index (κ3) is 4.83. The number of nitrogens with zero attached hydrogens (tertiary/aromatic N) is 2. The molecule has 0 unspecified atom stereocenters. The summed E-state index contributed by atoms with van der Waals surface area (Å²) in [6.07, 6.45) is 6.81. The summed E-state index contributed by atoms with van der Waals surface area (Å²) in [5.74, 6) is 2.17. The molecular weight excluding hydrogens is 528 g/mol. The fourth-order valence-electron chi connectivity index (χ4n) is 3.58. The van der Waals surface area contributed by atoms with Crippen molar-refractivity contribution in [1.82, 2.24) is 0 Å². The molecule has 174 valence electrons. The molecule has 1 saturated heterocycles. The monoisotopic (exact) mass is 546 g/mol. The fourth-order valence-corrected chi connectivity index (χ4v) is 4.53. The Morgan fingerprint density at radius 2 is 1.51 bits per heavy atom. The zero-order chi connectivity index (χ0) is 24.9. The smallest absolute Gasteiger partial charge is 0.270 e. The van der Waals surface area contributed by atoms with Crippen molar-refractivity contribution in [2.24, 2.45) is 0 Å². The highest BCUT2D eigenvalue weighted by Crippen LogP contribution is 2.38. The van der Waals surface area contributed by atoms with Gasteiger partial charge in [-0.05, 0) is 76.2 Å². The molecule has 8 heteroatoms. The number of thiocarbonyl (C=S) groups is 1. The summed E-state index contributed by atoms with van der Waals surface area (Å²) in [6, 6.07) is 21.3. The molecule has 4 rings (SSSR count). The van der Waals surface area contributed by atoms with Crippen molar-refractivity contribution in [2.45, 2.75) is 0 Å². The van der Waals surface area contributed by atoms with Gasteiger partial charge >= 0.3 is 0 Å². The number of ether oxygens (including phenoxy) is 2. The van der Waals surface area contributed by atoms with Crippen molar-refractivity contribution in [3.8, 4) is 23.8 Å². The van der Waals surface area contributed by atoms with Crippen molar-refractivity contribution >= 4 is 62.5 Å². The molecule has 0 aliphatic carbocycles. The van der Waals surface area contributed by atoms with E-state index in [1.54, 1.807) is 60.7 Å². The number of amides is 2. The van der Waals surface area contributed by atoms with Gasteiger partial charge in [-0.2, -0.15) is 0 Å². The summed E-state index contributed by atoms with van der Waals surface area (Å²) in [5, 5.41) is 0.0753. The fraction of sp³-hybridized carbons (Fsp3) is 0.0741. The largest absolute Gasteiger partial charge is 0.493 e. The van der Waals surface area contributed by atoms with Crippen LogP contribution >= 0.6 is 28.1 Å². The van der Waals surface area contributed by atoms with Crippen molar-refractivity contribution in [2.75, 3.05) is 23.5 Å². The van der Waals surface area contributed by atoms with Crippen LogP contribution in [0.3, 0.4) is 0 Å². The van der Waals surface area contributed by atoms with Gasteiger partial charge in [-0.25, -0.2) is 0 Å². The minimum absolute atomic E-state index is 0.0574. The lowest BCUT2D eigenvalue weighted by Gasteiger charge is -2.36. The maximum atomic E-state index is 13.6. The molecule has 0 radical (unpaired) electrons. The summed E-state index contributed by atoms with van der Waals surface area (Å²) in [6.45, 7) is 0.0574. The Kier molecular flexibility index (Phi) is 7.30. The molecule has 1 fully saturated rings. The number of methoxy groups -OCH3 is 1. The molecule has 3 aromatic rings. The molecule has 1 heterocycles. The summed E-state index contributed by atoms with van der Waals surface area (Å²) in [5.41, 5.74) is 1.60. The number of carbonyl (C=O) groups is 2. The topological polar surface area (TPSA) is 59.1 Å². The van der Waals surface area contributed by atoms with E-state index in [-0.39, 0.29) is 17.3 Å². The van der Waals surface area contributed by atoms with E-state index in [0.29, 0.717) is 32.9 Å². The first-order valence-corrected chi connectivity index (χ1v) is 11.6. The van der Waals surface area contributed by atoms with E-state index in [9.17, 15) is 9.59 Å². The van der Waals surface area contributed by atoms with Gasteiger partial charge in [0.15, 0.2) is 16.6 Å². The van der Waals surface area contributed by atoms with Gasteiger partial charge in [0, 0.05) is 0 Å². The van der Waals surface area contributed by atoms with Gasteiger partial charge in [0.1, 0.15) is 12.2 Å². The normalized spacial score (nSPS) is 13.5. The van der Waals surface area contributed by atoms with Crippen molar-refractivity contribution < 1.29 is 19.1 Å². The number of benzene rings is 3. The lowest BCUT2D eigenvalue weighted by Crippen LogP contribution is -2.56. The number of hydrogen-bond acceptors (Lipinski definition) is 5. The molecule has 6 nitrogen and oxygen atoms in total. The van der Waals surface area contributed by atoms with E-state index in [4.69, 9.17) is 28.1 Å². The van der Waals surface area contributed by atoms with Gasteiger partial charge in [-0.15, -0.1) is 6.42 Å². The van der Waals surface area contributed by atoms with Gasteiger partial charge in [-0.1, -0.05) is 42.3 Å². The molecule has 0 N–H and O–H groups in total. The Labute approximate surface area is 216 Å². The van der Waals surface area contributed by atoms with E-state index >= 15 is 0 Å². The lowest BCUT2D eigenvalue weighted by molar-refractivity contribution is -0.120. The zero-order valence-corrected chi connectivity index (χ0v) is 21.0. The predicted molar refractivity (Wildman–Crippen MR) is 143 cm³/mol. The minimum atomic E-state index is -0.527. The summed E-state index contributed by atoms with van der Waals surface area (Å²) in [4.78, 5) is 29.9. The highest BCUT2D eigenvalue weighted by molar-refractivity contribution is 9.10. The van der Waals surface area contributed by atoms with Crippen molar-refractivity contribution in [1.29, 1.82) is 0 Å². The maximum absolute atomic E-state index is 13.6. The SMILES string of the molecule is C#CCOc1c(Br)cc(C=C2C(=O)N(c3ccccc3)C(=S)N(c3ccccc3)C2=O)cc1OC. The van der Waals surface area contributed by atoms with Crippen LogP contribution in [-0.2, 0) is 9.59 Å². The van der Waals surface area contributed by atoms with Gasteiger partial charge in [0.2, 0.25) is 0 Å². The van der Waals surface area contributed by atoms with Crippen LogP contribution in [0.1, 0.15) is 5.56 Å². The van der Waals surface area contributed by atoms with E-state index in [1.165, 1.54) is 23.0 Å².